The third-order valence-corrected chi connectivity index (χ3v) is 5.07. The van der Waals surface area contributed by atoms with Gasteiger partial charge in [0.25, 0.3) is 5.56 Å². The van der Waals surface area contributed by atoms with Gasteiger partial charge in [0.05, 0.1) is 0 Å². The average molecular weight is 357 g/mol. The Balaban J connectivity index is 1.90. The molecule has 108 valence electrons. The lowest BCUT2D eigenvalue weighted by Gasteiger charge is -2.34. The Morgan fingerprint density at radius 3 is 3.05 bits per heavy atom. The largest absolute Gasteiger partial charge is 0.365 e. The van der Waals surface area contributed by atoms with Crippen LogP contribution < -0.4 is 10.9 Å². The highest BCUT2D eigenvalue weighted by molar-refractivity contribution is 9.10. The van der Waals surface area contributed by atoms with Gasteiger partial charge in [-0.1, -0.05) is 6.92 Å². The lowest BCUT2D eigenvalue weighted by molar-refractivity contribution is 0.207. The third kappa shape index (κ3) is 2.62. The highest BCUT2D eigenvalue weighted by Gasteiger charge is 2.24. The van der Waals surface area contributed by atoms with Crippen LogP contribution in [0.2, 0.25) is 0 Å². The molecule has 5 nitrogen and oxygen atoms in total. The van der Waals surface area contributed by atoms with E-state index in [2.05, 4.69) is 45.1 Å². The summed E-state index contributed by atoms with van der Waals surface area (Å²) >= 11 is 4.84. The van der Waals surface area contributed by atoms with Crippen molar-refractivity contribution in [2.24, 2.45) is 5.92 Å². The Morgan fingerprint density at radius 2 is 2.30 bits per heavy atom. The predicted octanol–water partition coefficient (Wildman–Crippen LogP) is 2.27. The number of likely N-dealkylation sites (tertiary alicyclic amines) is 1. The summed E-state index contributed by atoms with van der Waals surface area (Å²) < 4.78 is 2.07. The van der Waals surface area contributed by atoms with Crippen molar-refractivity contribution in [3.05, 3.63) is 26.4 Å². The topological polar surface area (TPSA) is 49.6 Å². The van der Waals surface area contributed by atoms with Gasteiger partial charge in [-0.2, -0.15) is 0 Å². The summed E-state index contributed by atoms with van der Waals surface area (Å²) in [5.74, 6) is 1.31. The number of rotatable bonds is 2. The second-order valence-electron chi connectivity index (χ2n) is 5.54. The van der Waals surface area contributed by atoms with E-state index in [-0.39, 0.29) is 5.56 Å². The molecule has 2 atom stereocenters. The van der Waals surface area contributed by atoms with Gasteiger partial charge in [0.1, 0.15) is 10.3 Å². The third-order valence-electron chi connectivity index (χ3n) is 3.59. The van der Waals surface area contributed by atoms with E-state index in [1.165, 1.54) is 11.3 Å². The lowest BCUT2D eigenvalue weighted by atomic mass is 9.96. The van der Waals surface area contributed by atoms with Crippen molar-refractivity contribution >= 4 is 38.0 Å². The normalized spacial score (nSPS) is 24.1. The fraction of sp³-hybridized carbons (Fsp3) is 0.538. The Labute approximate surface area is 129 Å². The molecule has 2 aromatic rings. The summed E-state index contributed by atoms with van der Waals surface area (Å²) in [7, 11) is 2.13. The molecule has 0 aromatic carbocycles. The second-order valence-corrected chi connectivity index (χ2v) is 7.20. The van der Waals surface area contributed by atoms with Gasteiger partial charge in [0.15, 0.2) is 4.96 Å². The van der Waals surface area contributed by atoms with Crippen LogP contribution in [0.4, 0.5) is 5.82 Å². The molecular weight excluding hydrogens is 340 g/mol. The van der Waals surface area contributed by atoms with Gasteiger partial charge in [0.2, 0.25) is 0 Å². The standard InChI is InChI=1S/C13H17BrN4OS/c1-8-5-9(7-17(2)6-8)15-11-10(14)12(19)18-3-4-20-13(18)16-11/h3-4,8-9,15H,5-7H2,1-2H3/t8-,9+/m0/s1. The number of thiazole rings is 1. The van der Waals surface area contributed by atoms with Crippen LogP contribution in [0.5, 0.6) is 0 Å². The number of nitrogens with zero attached hydrogens (tertiary/aromatic N) is 3. The molecule has 0 spiro atoms. The number of anilines is 1. The van der Waals surface area contributed by atoms with E-state index in [4.69, 9.17) is 0 Å². The summed E-state index contributed by atoms with van der Waals surface area (Å²) in [6.45, 7) is 4.35. The van der Waals surface area contributed by atoms with Gasteiger partial charge in [-0.25, -0.2) is 4.98 Å². The summed E-state index contributed by atoms with van der Waals surface area (Å²) in [6, 6.07) is 0.328. The van der Waals surface area contributed by atoms with Crippen LogP contribution in [0.3, 0.4) is 0 Å². The molecule has 20 heavy (non-hydrogen) atoms. The molecule has 0 unspecified atom stereocenters. The number of hydrogen-bond acceptors (Lipinski definition) is 5. The van der Waals surface area contributed by atoms with Crippen molar-refractivity contribution in [1.29, 1.82) is 0 Å². The van der Waals surface area contributed by atoms with E-state index >= 15 is 0 Å². The number of fused-ring (bicyclic) bond motifs is 1. The molecule has 0 aliphatic carbocycles. The molecule has 3 heterocycles. The van der Waals surface area contributed by atoms with Crippen molar-refractivity contribution in [3.63, 3.8) is 0 Å². The molecule has 7 heteroatoms. The number of aromatic nitrogens is 2. The smallest absolute Gasteiger partial charge is 0.275 e. The predicted molar refractivity (Wildman–Crippen MR) is 85.7 cm³/mol. The van der Waals surface area contributed by atoms with Crippen molar-refractivity contribution in [1.82, 2.24) is 14.3 Å². The molecule has 1 aliphatic heterocycles. The molecular formula is C13H17BrN4OS. The molecule has 2 aromatic heterocycles. The van der Waals surface area contributed by atoms with Gasteiger partial charge < -0.3 is 10.2 Å². The van der Waals surface area contributed by atoms with Gasteiger partial charge in [-0.3, -0.25) is 9.20 Å². The number of halogens is 1. The minimum atomic E-state index is -0.0593. The van der Waals surface area contributed by atoms with E-state index in [1.807, 2.05) is 5.38 Å². The Kier molecular flexibility index (Phi) is 3.83. The SMILES string of the molecule is C[C@H]1C[C@@H](Nc2nc3sccn3c(=O)c2Br)CN(C)C1. The zero-order valence-electron chi connectivity index (χ0n) is 11.5. The van der Waals surface area contributed by atoms with Crippen molar-refractivity contribution in [2.45, 2.75) is 19.4 Å². The van der Waals surface area contributed by atoms with E-state index in [0.29, 0.717) is 22.3 Å². The minimum absolute atomic E-state index is 0.0593. The average Bonchev–Trinajstić information content (AvgIpc) is 2.82. The molecule has 1 saturated heterocycles. The fourth-order valence-electron chi connectivity index (χ4n) is 2.87. The van der Waals surface area contributed by atoms with E-state index in [0.717, 1.165) is 24.5 Å². The first-order valence-corrected chi connectivity index (χ1v) is 8.32. The van der Waals surface area contributed by atoms with Crippen LogP contribution in [0.25, 0.3) is 4.96 Å². The first-order valence-electron chi connectivity index (χ1n) is 6.65. The Morgan fingerprint density at radius 1 is 1.50 bits per heavy atom. The van der Waals surface area contributed by atoms with Crippen LogP contribution in [-0.4, -0.2) is 40.5 Å². The second kappa shape index (κ2) is 5.46. The monoisotopic (exact) mass is 356 g/mol. The fourth-order valence-corrected chi connectivity index (χ4v) is 3.97. The molecule has 1 aliphatic rings. The zero-order chi connectivity index (χ0) is 14.3. The first-order chi connectivity index (χ1) is 9.54. The van der Waals surface area contributed by atoms with E-state index in [9.17, 15) is 4.79 Å². The van der Waals surface area contributed by atoms with Gasteiger partial charge in [0, 0.05) is 30.7 Å². The lowest BCUT2D eigenvalue weighted by Crippen LogP contribution is -2.43. The molecule has 0 amide bonds. The van der Waals surface area contributed by atoms with Crippen molar-refractivity contribution in [3.8, 4) is 0 Å². The highest BCUT2D eigenvalue weighted by atomic mass is 79.9. The maximum absolute atomic E-state index is 12.2. The number of nitrogens with one attached hydrogen (secondary N) is 1. The summed E-state index contributed by atoms with van der Waals surface area (Å²) in [5.41, 5.74) is -0.0593. The zero-order valence-corrected chi connectivity index (χ0v) is 13.9. The maximum atomic E-state index is 12.2. The first kappa shape index (κ1) is 14.0. The van der Waals surface area contributed by atoms with Gasteiger partial charge in [-0.15, -0.1) is 11.3 Å². The van der Waals surface area contributed by atoms with Crippen molar-refractivity contribution < 1.29 is 0 Å². The Bertz CT molecular complexity index is 673. The molecule has 3 rings (SSSR count). The molecule has 0 bridgehead atoms. The summed E-state index contributed by atoms with van der Waals surface area (Å²) in [5, 5.41) is 5.30. The number of hydrogen-bond donors (Lipinski definition) is 1. The molecule has 1 fully saturated rings. The number of likely N-dealkylation sites (N-methyl/N-ethyl adjacent to an activating group) is 1. The minimum Gasteiger partial charge on any atom is -0.365 e. The summed E-state index contributed by atoms with van der Waals surface area (Å²) in [6.07, 6.45) is 2.85. The maximum Gasteiger partial charge on any atom is 0.275 e. The van der Waals surface area contributed by atoms with Crippen LogP contribution in [0, 0.1) is 5.92 Å². The Hall–Kier alpha value is -0.920. The van der Waals surface area contributed by atoms with Crippen molar-refractivity contribution in [2.75, 3.05) is 25.5 Å². The summed E-state index contributed by atoms with van der Waals surface area (Å²) in [4.78, 5) is 19.8. The van der Waals surface area contributed by atoms with Crippen LogP contribution in [-0.2, 0) is 0 Å². The quantitative estimate of drug-likeness (QED) is 0.896. The molecule has 0 saturated carbocycles. The molecule has 0 radical (unpaired) electrons. The van der Waals surface area contributed by atoms with Crippen LogP contribution >= 0.6 is 27.3 Å². The van der Waals surface area contributed by atoms with Crippen LogP contribution in [0.15, 0.2) is 20.8 Å². The van der Waals surface area contributed by atoms with Crippen LogP contribution in [0.1, 0.15) is 13.3 Å². The number of piperidine rings is 1. The van der Waals surface area contributed by atoms with E-state index < -0.39 is 0 Å². The van der Waals surface area contributed by atoms with E-state index in [1.54, 1.807) is 10.6 Å². The highest BCUT2D eigenvalue weighted by Crippen LogP contribution is 2.23. The van der Waals surface area contributed by atoms with Gasteiger partial charge in [-0.05, 0) is 35.3 Å². The van der Waals surface area contributed by atoms with Gasteiger partial charge >= 0.3 is 0 Å². The molecule has 1 N–H and O–H groups in total.